The van der Waals surface area contributed by atoms with Gasteiger partial charge in [-0.1, -0.05) is 6.92 Å². The molecule has 0 aliphatic carbocycles. The SMILES string of the molecule is CCc1cnc(CNCCNC(C)(C)C)o1. The highest BCUT2D eigenvalue weighted by molar-refractivity contribution is 4.93. The Labute approximate surface area is 97.8 Å². The van der Waals surface area contributed by atoms with Crippen LogP contribution < -0.4 is 10.6 Å². The fourth-order valence-electron chi connectivity index (χ4n) is 1.31. The molecule has 4 nitrogen and oxygen atoms in total. The molecule has 1 rings (SSSR count). The van der Waals surface area contributed by atoms with E-state index in [0.717, 1.165) is 31.2 Å². The van der Waals surface area contributed by atoms with Gasteiger partial charge in [0.05, 0.1) is 12.7 Å². The van der Waals surface area contributed by atoms with Crippen LogP contribution in [-0.4, -0.2) is 23.6 Å². The molecule has 0 saturated carbocycles. The Balaban J connectivity index is 2.11. The molecule has 0 saturated heterocycles. The second kappa shape index (κ2) is 6.01. The molecule has 92 valence electrons. The van der Waals surface area contributed by atoms with Gasteiger partial charge in [-0.3, -0.25) is 0 Å². The first kappa shape index (κ1) is 13.2. The fraction of sp³-hybridized carbons (Fsp3) is 0.750. The van der Waals surface area contributed by atoms with Gasteiger partial charge in [-0.05, 0) is 20.8 Å². The monoisotopic (exact) mass is 225 g/mol. The van der Waals surface area contributed by atoms with E-state index < -0.39 is 0 Å². The summed E-state index contributed by atoms with van der Waals surface area (Å²) in [5.41, 5.74) is 0.181. The van der Waals surface area contributed by atoms with Crippen molar-refractivity contribution in [3.8, 4) is 0 Å². The Morgan fingerprint density at radius 3 is 2.62 bits per heavy atom. The van der Waals surface area contributed by atoms with Crippen LogP contribution in [-0.2, 0) is 13.0 Å². The molecule has 16 heavy (non-hydrogen) atoms. The molecule has 1 aromatic heterocycles. The van der Waals surface area contributed by atoms with Crippen LogP contribution in [0.25, 0.3) is 0 Å². The third-order valence-electron chi connectivity index (χ3n) is 2.18. The van der Waals surface area contributed by atoms with E-state index in [1.54, 1.807) is 6.20 Å². The molecule has 0 unspecified atom stereocenters. The molecule has 2 N–H and O–H groups in total. The molecule has 0 radical (unpaired) electrons. The second-order valence-corrected chi connectivity index (χ2v) is 4.93. The summed E-state index contributed by atoms with van der Waals surface area (Å²) < 4.78 is 5.49. The summed E-state index contributed by atoms with van der Waals surface area (Å²) in [5, 5.41) is 6.70. The standard InChI is InChI=1S/C12H23N3O/c1-5-10-8-14-11(16-10)9-13-6-7-15-12(2,3)4/h8,13,15H,5-7,9H2,1-4H3. The predicted molar refractivity (Wildman–Crippen MR) is 65.3 cm³/mol. The number of nitrogens with one attached hydrogen (secondary N) is 2. The van der Waals surface area contributed by atoms with Crippen LogP contribution >= 0.6 is 0 Å². The number of aryl methyl sites for hydroxylation is 1. The number of nitrogens with zero attached hydrogens (tertiary/aromatic N) is 1. The largest absolute Gasteiger partial charge is 0.444 e. The molecule has 1 aromatic rings. The average Bonchev–Trinajstić information content (AvgIpc) is 2.63. The van der Waals surface area contributed by atoms with E-state index in [1.165, 1.54) is 0 Å². The van der Waals surface area contributed by atoms with E-state index in [9.17, 15) is 0 Å². The Kier molecular flexibility index (Phi) is 4.96. The van der Waals surface area contributed by atoms with Crippen LogP contribution in [0.15, 0.2) is 10.6 Å². The minimum absolute atomic E-state index is 0.181. The van der Waals surface area contributed by atoms with Gasteiger partial charge in [0, 0.05) is 25.0 Å². The average molecular weight is 225 g/mol. The summed E-state index contributed by atoms with van der Waals surface area (Å²) >= 11 is 0. The van der Waals surface area contributed by atoms with Gasteiger partial charge < -0.3 is 15.1 Å². The number of oxazole rings is 1. The highest BCUT2D eigenvalue weighted by Gasteiger charge is 2.07. The first-order valence-corrected chi connectivity index (χ1v) is 5.90. The smallest absolute Gasteiger partial charge is 0.208 e. The first-order valence-electron chi connectivity index (χ1n) is 5.90. The van der Waals surface area contributed by atoms with Crippen LogP contribution in [0.5, 0.6) is 0 Å². The first-order chi connectivity index (χ1) is 7.51. The van der Waals surface area contributed by atoms with Crippen molar-refractivity contribution in [1.29, 1.82) is 0 Å². The molecule has 0 spiro atoms. The summed E-state index contributed by atoms with van der Waals surface area (Å²) in [5.74, 6) is 1.72. The zero-order chi connectivity index (χ0) is 12.0. The van der Waals surface area contributed by atoms with E-state index in [-0.39, 0.29) is 5.54 Å². The van der Waals surface area contributed by atoms with E-state index >= 15 is 0 Å². The Hall–Kier alpha value is -0.870. The van der Waals surface area contributed by atoms with E-state index in [1.807, 2.05) is 0 Å². The highest BCUT2D eigenvalue weighted by Crippen LogP contribution is 2.03. The van der Waals surface area contributed by atoms with E-state index in [2.05, 4.69) is 43.3 Å². The van der Waals surface area contributed by atoms with Crippen LogP contribution in [0, 0.1) is 0 Å². The zero-order valence-corrected chi connectivity index (χ0v) is 10.8. The maximum atomic E-state index is 5.49. The van der Waals surface area contributed by atoms with Gasteiger partial charge in [-0.25, -0.2) is 4.98 Å². The Morgan fingerprint density at radius 1 is 1.31 bits per heavy atom. The molecule has 0 aliphatic heterocycles. The predicted octanol–water partition coefficient (Wildman–Crippen LogP) is 1.71. The lowest BCUT2D eigenvalue weighted by Crippen LogP contribution is -2.40. The third-order valence-corrected chi connectivity index (χ3v) is 2.18. The number of hydrogen-bond acceptors (Lipinski definition) is 4. The molecule has 0 fully saturated rings. The fourth-order valence-corrected chi connectivity index (χ4v) is 1.31. The second-order valence-electron chi connectivity index (χ2n) is 4.93. The normalized spacial score (nSPS) is 12.0. The molecular formula is C12H23N3O. The van der Waals surface area contributed by atoms with Gasteiger partial charge in [0.1, 0.15) is 5.76 Å². The Bertz CT molecular complexity index is 301. The Morgan fingerprint density at radius 2 is 2.06 bits per heavy atom. The van der Waals surface area contributed by atoms with Gasteiger partial charge in [-0.2, -0.15) is 0 Å². The van der Waals surface area contributed by atoms with Gasteiger partial charge in [0.15, 0.2) is 0 Å². The van der Waals surface area contributed by atoms with Gasteiger partial charge in [0.25, 0.3) is 0 Å². The summed E-state index contributed by atoms with van der Waals surface area (Å²) in [6.07, 6.45) is 2.70. The van der Waals surface area contributed by atoms with Crippen LogP contribution in [0.1, 0.15) is 39.3 Å². The topological polar surface area (TPSA) is 50.1 Å². The van der Waals surface area contributed by atoms with Crippen molar-refractivity contribution in [1.82, 2.24) is 15.6 Å². The van der Waals surface area contributed by atoms with Crippen molar-refractivity contribution < 1.29 is 4.42 Å². The summed E-state index contributed by atoms with van der Waals surface area (Å²) in [6.45, 7) is 11.1. The van der Waals surface area contributed by atoms with Crippen molar-refractivity contribution in [3.05, 3.63) is 17.8 Å². The molecule has 0 aromatic carbocycles. The molecule has 0 bridgehead atoms. The van der Waals surface area contributed by atoms with Crippen LogP contribution in [0.2, 0.25) is 0 Å². The van der Waals surface area contributed by atoms with E-state index in [0.29, 0.717) is 6.54 Å². The lowest BCUT2D eigenvalue weighted by Gasteiger charge is -2.20. The number of rotatable bonds is 6. The molecule has 4 heteroatoms. The summed E-state index contributed by atoms with van der Waals surface area (Å²) in [7, 11) is 0. The van der Waals surface area contributed by atoms with Gasteiger partial charge >= 0.3 is 0 Å². The summed E-state index contributed by atoms with van der Waals surface area (Å²) in [4.78, 5) is 4.18. The zero-order valence-electron chi connectivity index (χ0n) is 10.8. The van der Waals surface area contributed by atoms with Crippen molar-refractivity contribution in [2.24, 2.45) is 0 Å². The lowest BCUT2D eigenvalue weighted by atomic mass is 10.1. The lowest BCUT2D eigenvalue weighted by molar-refractivity contribution is 0.407. The number of aromatic nitrogens is 1. The van der Waals surface area contributed by atoms with Gasteiger partial charge in [-0.15, -0.1) is 0 Å². The van der Waals surface area contributed by atoms with E-state index in [4.69, 9.17) is 4.42 Å². The maximum absolute atomic E-state index is 5.49. The van der Waals surface area contributed by atoms with Crippen molar-refractivity contribution in [2.75, 3.05) is 13.1 Å². The van der Waals surface area contributed by atoms with Crippen molar-refractivity contribution in [2.45, 2.75) is 46.2 Å². The van der Waals surface area contributed by atoms with Crippen molar-refractivity contribution >= 4 is 0 Å². The quantitative estimate of drug-likeness (QED) is 0.724. The molecule has 0 aliphatic rings. The van der Waals surface area contributed by atoms with Crippen molar-refractivity contribution in [3.63, 3.8) is 0 Å². The van der Waals surface area contributed by atoms with Crippen LogP contribution in [0.3, 0.4) is 0 Å². The van der Waals surface area contributed by atoms with Crippen LogP contribution in [0.4, 0.5) is 0 Å². The van der Waals surface area contributed by atoms with Gasteiger partial charge in [0.2, 0.25) is 5.89 Å². The summed E-state index contributed by atoms with van der Waals surface area (Å²) in [6, 6.07) is 0. The number of hydrogen-bond donors (Lipinski definition) is 2. The molecular weight excluding hydrogens is 202 g/mol. The minimum atomic E-state index is 0.181. The third kappa shape index (κ3) is 5.28. The maximum Gasteiger partial charge on any atom is 0.208 e. The minimum Gasteiger partial charge on any atom is -0.444 e. The molecule has 0 amide bonds. The molecule has 0 atom stereocenters. The highest BCUT2D eigenvalue weighted by atomic mass is 16.4. The molecule has 1 heterocycles.